The van der Waals surface area contributed by atoms with Crippen molar-refractivity contribution in [2.24, 2.45) is 0 Å². The quantitative estimate of drug-likeness (QED) is 0.680. The van der Waals surface area contributed by atoms with Crippen molar-refractivity contribution in [3.8, 4) is 22.9 Å². The molecular formula is C21H21N3O4. The van der Waals surface area contributed by atoms with Crippen molar-refractivity contribution in [2.45, 2.75) is 6.92 Å². The average Bonchev–Trinajstić information content (AvgIpc) is 3.17. The van der Waals surface area contributed by atoms with Crippen molar-refractivity contribution >= 4 is 11.6 Å². The molecule has 0 unspecified atom stereocenters. The van der Waals surface area contributed by atoms with E-state index in [-0.39, 0.29) is 11.6 Å². The van der Waals surface area contributed by atoms with E-state index in [0.29, 0.717) is 42.7 Å². The number of amides is 1. The lowest BCUT2D eigenvalue weighted by Gasteiger charge is -2.29. The van der Waals surface area contributed by atoms with Gasteiger partial charge in [0.05, 0.1) is 37.8 Å². The molecule has 3 aromatic rings. The van der Waals surface area contributed by atoms with Gasteiger partial charge in [0.15, 0.2) is 11.4 Å². The summed E-state index contributed by atoms with van der Waals surface area (Å²) in [4.78, 5) is 15.0. The van der Waals surface area contributed by atoms with Crippen LogP contribution >= 0.6 is 0 Å². The number of para-hydroxylation sites is 1. The molecule has 0 N–H and O–H groups in total. The van der Waals surface area contributed by atoms with Crippen molar-refractivity contribution < 1.29 is 19.0 Å². The van der Waals surface area contributed by atoms with Gasteiger partial charge in [-0.1, -0.05) is 18.2 Å². The maximum Gasteiger partial charge on any atom is 0.282 e. The van der Waals surface area contributed by atoms with Crippen LogP contribution in [0, 0.1) is 0 Å². The molecule has 2 heterocycles. The molecule has 0 aliphatic carbocycles. The Morgan fingerprint density at radius 2 is 2.04 bits per heavy atom. The molecule has 144 valence electrons. The minimum atomic E-state index is -0.240. The van der Waals surface area contributed by atoms with Crippen molar-refractivity contribution in [3.63, 3.8) is 0 Å². The molecule has 28 heavy (non-hydrogen) atoms. The second-order valence-electron chi connectivity index (χ2n) is 6.19. The average molecular weight is 379 g/mol. The van der Waals surface area contributed by atoms with Gasteiger partial charge in [-0.25, -0.2) is 4.68 Å². The van der Waals surface area contributed by atoms with E-state index in [1.54, 1.807) is 35.0 Å². The zero-order chi connectivity index (χ0) is 19.5. The number of nitrogens with zero attached hydrogens (tertiary/aromatic N) is 3. The molecule has 1 aliphatic rings. The summed E-state index contributed by atoms with van der Waals surface area (Å²) in [5.41, 5.74) is 1.78. The first-order chi connectivity index (χ1) is 13.7. The summed E-state index contributed by atoms with van der Waals surface area (Å²) in [6.45, 7) is 3.15. The van der Waals surface area contributed by atoms with Gasteiger partial charge in [-0.15, -0.1) is 0 Å². The first kappa shape index (κ1) is 17.9. The van der Waals surface area contributed by atoms with E-state index in [9.17, 15) is 4.79 Å². The maximum atomic E-state index is 13.4. The van der Waals surface area contributed by atoms with Gasteiger partial charge in [-0.3, -0.25) is 9.69 Å². The van der Waals surface area contributed by atoms with Crippen LogP contribution in [0.3, 0.4) is 0 Å². The third-order valence-electron chi connectivity index (χ3n) is 4.48. The first-order valence-electron chi connectivity index (χ1n) is 9.12. The molecule has 0 saturated carbocycles. The van der Waals surface area contributed by atoms with Crippen LogP contribution < -0.4 is 19.1 Å². The van der Waals surface area contributed by atoms with E-state index in [0.717, 1.165) is 5.69 Å². The summed E-state index contributed by atoms with van der Waals surface area (Å²) in [6, 6.07) is 15.0. The zero-order valence-corrected chi connectivity index (χ0v) is 15.8. The van der Waals surface area contributed by atoms with Gasteiger partial charge in [-0.2, -0.15) is 5.10 Å². The van der Waals surface area contributed by atoms with Crippen molar-refractivity contribution in [1.82, 2.24) is 9.78 Å². The number of hydrogen-bond donors (Lipinski definition) is 0. The Hall–Kier alpha value is -3.48. The van der Waals surface area contributed by atoms with Crippen LogP contribution in [0.4, 0.5) is 5.69 Å². The van der Waals surface area contributed by atoms with Gasteiger partial charge in [-0.05, 0) is 31.2 Å². The molecule has 1 amide bonds. The summed E-state index contributed by atoms with van der Waals surface area (Å²) in [5.74, 6) is 1.51. The SMILES string of the molecule is CCOc1cn(-c2ccccc2)nc1C(=O)N1CCOc2ccc(OC)cc21. The predicted molar refractivity (Wildman–Crippen MR) is 105 cm³/mol. The molecule has 0 radical (unpaired) electrons. The molecule has 0 fully saturated rings. The molecule has 0 saturated heterocycles. The van der Waals surface area contributed by atoms with Gasteiger partial charge < -0.3 is 14.2 Å². The number of anilines is 1. The van der Waals surface area contributed by atoms with Crippen LogP contribution in [0.5, 0.6) is 17.2 Å². The van der Waals surface area contributed by atoms with Gasteiger partial charge in [0.1, 0.15) is 18.1 Å². The molecule has 7 nitrogen and oxygen atoms in total. The number of rotatable bonds is 5. The van der Waals surface area contributed by atoms with Gasteiger partial charge >= 0.3 is 0 Å². The zero-order valence-electron chi connectivity index (χ0n) is 15.8. The minimum Gasteiger partial charge on any atom is -0.497 e. The summed E-state index contributed by atoms with van der Waals surface area (Å²) in [6.07, 6.45) is 1.74. The van der Waals surface area contributed by atoms with Crippen LogP contribution in [0.2, 0.25) is 0 Å². The van der Waals surface area contributed by atoms with E-state index >= 15 is 0 Å². The highest BCUT2D eigenvalue weighted by molar-refractivity contribution is 6.07. The number of carbonyl (C=O) groups excluding carboxylic acids is 1. The highest BCUT2D eigenvalue weighted by Gasteiger charge is 2.30. The molecule has 0 bridgehead atoms. The second-order valence-corrected chi connectivity index (χ2v) is 6.19. The monoisotopic (exact) mass is 379 g/mol. The van der Waals surface area contributed by atoms with Gasteiger partial charge in [0, 0.05) is 6.07 Å². The van der Waals surface area contributed by atoms with Crippen molar-refractivity contribution in [2.75, 3.05) is 31.8 Å². The summed E-state index contributed by atoms with van der Waals surface area (Å²) in [7, 11) is 1.59. The van der Waals surface area contributed by atoms with Crippen molar-refractivity contribution in [1.29, 1.82) is 0 Å². The molecule has 1 aliphatic heterocycles. The number of carbonyl (C=O) groups is 1. The fraction of sp³-hybridized carbons (Fsp3) is 0.238. The normalized spacial score (nSPS) is 12.9. The minimum absolute atomic E-state index is 0.240. The number of ether oxygens (including phenoxy) is 3. The fourth-order valence-corrected chi connectivity index (χ4v) is 3.14. The Morgan fingerprint density at radius 3 is 2.79 bits per heavy atom. The number of fused-ring (bicyclic) bond motifs is 1. The summed E-state index contributed by atoms with van der Waals surface area (Å²) < 4.78 is 18.3. The third kappa shape index (κ3) is 3.26. The molecule has 0 atom stereocenters. The maximum absolute atomic E-state index is 13.4. The fourth-order valence-electron chi connectivity index (χ4n) is 3.14. The van der Waals surface area contributed by atoms with Crippen LogP contribution in [0.25, 0.3) is 5.69 Å². The largest absolute Gasteiger partial charge is 0.497 e. The van der Waals surface area contributed by atoms with Crippen molar-refractivity contribution in [3.05, 3.63) is 60.4 Å². The van der Waals surface area contributed by atoms with Gasteiger partial charge in [0.25, 0.3) is 5.91 Å². The lowest BCUT2D eigenvalue weighted by Crippen LogP contribution is -2.38. The number of aromatic nitrogens is 2. The Balaban J connectivity index is 1.74. The highest BCUT2D eigenvalue weighted by Crippen LogP contribution is 2.36. The number of hydrogen-bond acceptors (Lipinski definition) is 5. The van der Waals surface area contributed by atoms with E-state index < -0.39 is 0 Å². The highest BCUT2D eigenvalue weighted by atomic mass is 16.5. The van der Waals surface area contributed by atoms with E-state index in [1.165, 1.54) is 0 Å². The lowest BCUT2D eigenvalue weighted by molar-refractivity contribution is 0.0967. The third-order valence-corrected chi connectivity index (χ3v) is 4.48. The molecule has 1 aromatic heterocycles. The molecule has 0 spiro atoms. The van der Waals surface area contributed by atoms with Gasteiger partial charge in [0.2, 0.25) is 0 Å². The summed E-state index contributed by atoms with van der Waals surface area (Å²) >= 11 is 0. The van der Waals surface area contributed by atoms with Crippen LogP contribution in [0.15, 0.2) is 54.7 Å². The Kier molecular flexibility index (Phi) is 4.89. The Morgan fingerprint density at radius 1 is 1.21 bits per heavy atom. The van der Waals surface area contributed by atoms with Crippen LogP contribution in [-0.2, 0) is 0 Å². The summed E-state index contributed by atoms with van der Waals surface area (Å²) in [5, 5.41) is 4.52. The van der Waals surface area contributed by atoms with E-state index in [1.807, 2.05) is 43.3 Å². The smallest absolute Gasteiger partial charge is 0.282 e. The first-order valence-corrected chi connectivity index (χ1v) is 9.12. The predicted octanol–water partition coefficient (Wildman–Crippen LogP) is 3.32. The number of methoxy groups -OCH3 is 1. The molecule has 7 heteroatoms. The topological polar surface area (TPSA) is 65.8 Å². The Labute approximate surface area is 163 Å². The van der Waals surface area contributed by atoms with E-state index in [2.05, 4.69) is 5.10 Å². The van der Waals surface area contributed by atoms with Crippen LogP contribution in [-0.4, -0.2) is 42.6 Å². The number of benzene rings is 2. The lowest BCUT2D eigenvalue weighted by atomic mass is 10.2. The Bertz CT molecular complexity index is 985. The molecule has 2 aromatic carbocycles. The van der Waals surface area contributed by atoms with Crippen LogP contribution in [0.1, 0.15) is 17.4 Å². The standard InChI is InChI=1S/C21H21N3O4/c1-3-27-19-14-24(15-7-5-4-6-8-15)22-20(19)21(25)23-11-12-28-18-10-9-16(26-2)13-17(18)23/h4-10,13-14H,3,11-12H2,1-2H3. The molecular weight excluding hydrogens is 358 g/mol. The second kappa shape index (κ2) is 7.64. The molecule has 4 rings (SSSR count). The van der Waals surface area contributed by atoms with E-state index in [4.69, 9.17) is 14.2 Å².